The fraction of sp³-hybridized carbons (Fsp3) is 0. The first-order valence-electron chi connectivity index (χ1n) is 3.19. The molecule has 0 amide bonds. The van der Waals surface area contributed by atoms with Gasteiger partial charge in [0, 0.05) is 21.6 Å². The average molecular weight is 221 g/mol. The van der Waals surface area contributed by atoms with Crippen LogP contribution in [-0.4, -0.2) is 0 Å². The molecular formula is C9H5BrN2. The van der Waals surface area contributed by atoms with E-state index in [4.69, 9.17) is 11.0 Å². The first kappa shape index (κ1) is 8.64. The second-order valence-electron chi connectivity index (χ2n) is 2.09. The molecule has 2 N–H and O–H groups in total. The van der Waals surface area contributed by atoms with Gasteiger partial charge in [-0.15, -0.1) is 0 Å². The zero-order valence-corrected chi connectivity index (χ0v) is 7.72. The van der Waals surface area contributed by atoms with Crippen LogP contribution < -0.4 is 5.73 Å². The minimum atomic E-state index is 0.584. The zero-order valence-electron chi connectivity index (χ0n) is 6.13. The molecule has 0 spiro atoms. The normalized spacial score (nSPS) is 8.00. The monoisotopic (exact) mass is 220 g/mol. The quantitative estimate of drug-likeness (QED) is 0.537. The lowest BCUT2D eigenvalue weighted by Crippen LogP contribution is -1.88. The van der Waals surface area contributed by atoms with Crippen molar-refractivity contribution >= 4 is 21.6 Å². The van der Waals surface area contributed by atoms with Crippen molar-refractivity contribution < 1.29 is 0 Å². The van der Waals surface area contributed by atoms with E-state index in [1.807, 2.05) is 6.07 Å². The Hall–Kier alpha value is -1.45. The van der Waals surface area contributed by atoms with Gasteiger partial charge in [-0.2, -0.15) is 5.26 Å². The van der Waals surface area contributed by atoms with E-state index >= 15 is 0 Å². The summed E-state index contributed by atoms with van der Waals surface area (Å²) >= 11 is 3.28. The molecule has 0 aliphatic rings. The van der Waals surface area contributed by atoms with Gasteiger partial charge in [-0.1, -0.05) is 15.9 Å². The Bertz CT molecular complexity index is 393. The maximum atomic E-state index is 8.21. The zero-order chi connectivity index (χ0) is 8.97. The molecule has 0 unspecified atom stereocenters. The molecule has 0 heterocycles. The van der Waals surface area contributed by atoms with Gasteiger partial charge < -0.3 is 5.73 Å². The van der Waals surface area contributed by atoms with E-state index in [9.17, 15) is 0 Å². The lowest BCUT2D eigenvalue weighted by atomic mass is 10.2. The summed E-state index contributed by atoms with van der Waals surface area (Å²) in [5.74, 6) is 4.92. The molecule has 1 aromatic carbocycles. The Morgan fingerprint density at radius 1 is 1.42 bits per heavy atom. The van der Waals surface area contributed by atoms with Crippen molar-refractivity contribution in [2.75, 3.05) is 5.73 Å². The number of nitrogen functional groups attached to an aromatic ring is 1. The summed E-state index contributed by atoms with van der Waals surface area (Å²) in [5.41, 5.74) is 6.85. The maximum absolute atomic E-state index is 8.21. The molecule has 0 saturated heterocycles. The Balaban J connectivity index is 3.16. The third-order valence-electron chi connectivity index (χ3n) is 1.27. The minimum Gasteiger partial charge on any atom is -0.398 e. The maximum Gasteiger partial charge on any atom is 0.152 e. The molecule has 0 atom stereocenters. The van der Waals surface area contributed by atoms with Crippen molar-refractivity contribution in [3.63, 3.8) is 0 Å². The SMILES string of the molecule is N#CC#Cc1cc(Br)ccc1N. The van der Waals surface area contributed by atoms with E-state index in [0.717, 1.165) is 4.47 Å². The molecule has 0 bridgehead atoms. The molecule has 0 radical (unpaired) electrons. The molecule has 0 aromatic heterocycles. The highest BCUT2D eigenvalue weighted by Gasteiger charge is 1.94. The third kappa shape index (κ3) is 2.02. The minimum absolute atomic E-state index is 0.584. The van der Waals surface area contributed by atoms with Crippen LogP contribution in [0, 0.1) is 23.2 Å². The smallest absolute Gasteiger partial charge is 0.152 e. The summed E-state index contributed by atoms with van der Waals surface area (Å²) in [6.07, 6.45) is 0. The highest BCUT2D eigenvalue weighted by atomic mass is 79.9. The molecule has 3 heteroatoms. The van der Waals surface area contributed by atoms with E-state index in [2.05, 4.69) is 27.8 Å². The third-order valence-corrected chi connectivity index (χ3v) is 1.76. The van der Waals surface area contributed by atoms with Crippen LogP contribution in [0.4, 0.5) is 5.69 Å². The number of anilines is 1. The van der Waals surface area contributed by atoms with Gasteiger partial charge in [0.1, 0.15) is 0 Å². The summed E-state index contributed by atoms with van der Waals surface area (Å²) in [4.78, 5) is 0. The van der Waals surface area contributed by atoms with Crippen molar-refractivity contribution in [2.24, 2.45) is 0 Å². The summed E-state index contributed by atoms with van der Waals surface area (Å²) in [6.45, 7) is 0. The number of benzene rings is 1. The van der Waals surface area contributed by atoms with Crippen LogP contribution in [0.25, 0.3) is 0 Å². The molecule has 0 aliphatic heterocycles. The number of nitrogens with zero attached hydrogens (tertiary/aromatic N) is 1. The Kier molecular flexibility index (Phi) is 2.74. The molecule has 12 heavy (non-hydrogen) atoms. The fourth-order valence-electron chi connectivity index (χ4n) is 0.732. The molecule has 0 saturated carbocycles. The molecule has 0 aliphatic carbocycles. The topological polar surface area (TPSA) is 49.8 Å². The van der Waals surface area contributed by atoms with E-state index in [-0.39, 0.29) is 0 Å². The van der Waals surface area contributed by atoms with E-state index in [1.165, 1.54) is 0 Å². The lowest BCUT2D eigenvalue weighted by molar-refractivity contribution is 1.54. The first-order chi connectivity index (χ1) is 5.74. The summed E-state index contributed by atoms with van der Waals surface area (Å²) in [7, 11) is 0. The van der Waals surface area contributed by atoms with Crippen LogP contribution in [0.3, 0.4) is 0 Å². The average Bonchev–Trinajstić information content (AvgIpc) is 2.07. The van der Waals surface area contributed by atoms with Gasteiger partial charge in [0.25, 0.3) is 0 Å². The standard InChI is InChI=1S/C9H5BrN2/c10-8-3-4-9(12)7(6-8)2-1-5-11/h3-4,6H,12H2. The predicted octanol–water partition coefficient (Wildman–Crippen LogP) is 1.91. The fourth-order valence-corrected chi connectivity index (χ4v) is 1.09. The van der Waals surface area contributed by atoms with Crippen molar-refractivity contribution in [1.82, 2.24) is 0 Å². The van der Waals surface area contributed by atoms with Gasteiger partial charge in [-0.25, -0.2) is 0 Å². The molecule has 1 aromatic rings. The van der Waals surface area contributed by atoms with Crippen molar-refractivity contribution in [1.29, 1.82) is 5.26 Å². The van der Waals surface area contributed by atoms with Crippen LogP contribution in [-0.2, 0) is 0 Å². The number of hydrogen-bond donors (Lipinski definition) is 1. The molecule has 58 valence electrons. The van der Waals surface area contributed by atoms with Gasteiger partial charge in [0.15, 0.2) is 6.07 Å². The summed E-state index contributed by atoms with van der Waals surface area (Å²) < 4.78 is 0.902. The van der Waals surface area contributed by atoms with Gasteiger partial charge in [0.05, 0.1) is 0 Å². The number of nitriles is 1. The molecular weight excluding hydrogens is 216 g/mol. The highest BCUT2D eigenvalue weighted by Crippen LogP contribution is 2.16. The molecule has 2 nitrogen and oxygen atoms in total. The van der Waals surface area contributed by atoms with Crippen molar-refractivity contribution in [3.05, 3.63) is 28.2 Å². The van der Waals surface area contributed by atoms with Crippen LogP contribution in [0.15, 0.2) is 22.7 Å². The Morgan fingerprint density at radius 2 is 2.17 bits per heavy atom. The van der Waals surface area contributed by atoms with Crippen LogP contribution in [0.5, 0.6) is 0 Å². The number of halogens is 1. The van der Waals surface area contributed by atoms with Crippen LogP contribution in [0.2, 0.25) is 0 Å². The molecule has 1 rings (SSSR count). The second kappa shape index (κ2) is 3.80. The van der Waals surface area contributed by atoms with E-state index in [1.54, 1.807) is 18.2 Å². The van der Waals surface area contributed by atoms with Gasteiger partial charge in [-0.3, -0.25) is 0 Å². The lowest BCUT2D eigenvalue weighted by Gasteiger charge is -1.96. The van der Waals surface area contributed by atoms with Gasteiger partial charge in [-0.05, 0) is 24.1 Å². The Morgan fingerprint density at radius 3 is 2.83 bits per heavy atom. The number of hydrogen-bond acceptors (Lipinski definition) is 2. The van der Waals surface area contributed by atoms with Gasteiger partial charge in [0.2, 0.25) is 0 Å². The summed E-state index contributed by atoms with van der Waals surface area (Å²) in [6, 6.07) is 7.08. The number of nitrogens with two attached hydrogens (primary N) is 1. The van der Waals surface area contributed by atoms with Crippen LogP contribution >= 0.6 is 15.9 Å². The van der Waals surface area contributed by atoms with Crippen LogP contribution in [0.1, 0.15) is 5.56 Å². The first-order valence-corrected chi connectivity index (χ1v) is 3.98. The van der Waals surface area contributed by atoms with E-state index < -0.39 is 0 Å². The highest BCUT2D eigenvalue weighted by molar-refractivity contribution is 9.10. The molecule has 0 fully saturated rings. The number of rotatable bonds is 0. The van der Waals surface area contributed by atoms with Gasteiger partial charge >= 0.3 is 0 Å². The summed E-state index contributed by atoms with van der Waals surface area (Å²) in [5, 5.41) is 8.21. The van der Waals surface area contributed by atoms with Crippen molar-refractivity contribution in [2.45, 2.75) is 0 Å². The second-order valence-corrected chi connectivity index (χ2v) is 3.01. The predicted molar refractivity (Wildman–Crippen MR) is 51.0 cm³/mol. The largest absolute Gasteiger partial charge is 0.398 e. The van der Waals surface area contributed by atoms with Crippen molar-refractivity contribution in [3.8, 4) is 17.9 Å². The van der Waals surface area contributed by atoms with E-state index in [0.29, 0.717) is 11.3 Å². The Labute approximate surface area is 79.1 Å².